The lowest BCUT2D eigenvalue weighted by Gasteiger charge is -2.26. The number of para-hydroxylation sites is 1. The van der Waals surface area contributed by atoms with Crippen molar-refractivity contribution in [1.82, 2.24) is 0 Å². The smallest absolute Gasteiger partial charge is 0.291 e. The van der Waals surface area contributed by atoms with Gasteiger partial charge in [-0.1, -0.05) is 24.3 Å². The lowest BCUT2D eigenvalue weighted by molar-refractivity contribution is -0.120. The fourth-order valence-corrected chi connectivity index (χ4v) is 2.80. The van der Waals surface area contributed by atoms with E-state index in [9.17, 15) is 9.59 Å². The average Bonchev–Trinajstić information content (AvgIpc) is 3.22. The van der Waals surface area contributed by atoms with E-state index in [1.54, 1.807) is 41.3 Å². The molecule has 0 fully saturated rings. The van der Waals surface area contributed by atoms with Crippen LogP contribution in [0.15, 0.2) is 77.4 Å². The molecule has 1 aromatic heterocycles. The third-order valence-corrected chi connectivity index (χ3v) is 4.02. The number of rotatable bonds is 7. The van der Waals surface area contributed by atoms with Gasteiger partial charge in [0, 0.05) is 23.5 Å². The van der Waals surface area contributed by atoms with Crippen molar-refractivity contribution in [2.24, 2.45) is 0 Å². The number of benzene rings is 2. The van der Waals surface area contributed by atoms with E-state index in [0.29, 0.717) is 11.4 Å². The molecule has 0 unspecified atom stereocenters. The summed E-state index contributed by atoms with van der Waals surface area (Å²) in [6, 6.07) is 19.6. The second kappa shape index (κ2) is 8.90. The van der Waals surface area contributed by atoms with Crippen LogP contribution in [0.2, 0.25) is 0 Å². The molecular formula is C22H22N2O4. The highest BCUT2D eigenvalue weighted by atomic mass is 16.5. The van der Waals surface area contributed by atoms with Gasteiger partial charge in [-0.25, -0.2) is 0 Å². The topological polar surface area (TPSA) is 71.8 Å². The van der Waals surface area contributed by atoms with Crippen LogP contribution in [0.25, 0.3) is 0 Å². The van der Waals surface area contributed by atoms with E-state index in [1.807, 2.05) is 44.2 Å². The number of hydrogen-bond acceptors (Lipinski definition) is 4. The maximum Gasteiger partial charge on any atom is 0.291 e. The van der Waals surface area contributed by atoms with E-state index in [1.165, 1.54) is 6.26 Å². The van der Waals surface area contributed by atoms with Gasteiger partial charge in [0.15, 0.2) is 12.4 Å². The highest BCUT2D eigenvalue weighted by molar-refractivity contribution is 6.02. The molecular weight excluding hydrogens is 356 g/mol. The molecule has 2 aromatic carbocycles. The largest absolute Gasteiger partial charge is 0.484 e. The molecule has 144 valence electrons. The van der Waals surface area contributed by atoms with Gasteiger partial charge in [-0.3, -0.25) is 9.59 Å². The zero-order chi connectivity index (χ0) is 19.9. The molecule has 1 N–H and O–H groups in total. The first kappa shape index (κ1) is 19.2. The predicted octanol–water partition coefficient (Wildman–Crippen LogP) is 4.35. The van der Waals surface area contributed by atoms with Crippen molar-refractivity contribution in [3.8, 4) is 5.75 Å². The number of nitrogens with zero attached hydrogens (tertiary/aromatic N) is 1. The molecule has 3 rings (SSSR count). The van der Waals surface area contributed by atoms with E-state index in [2.05, 4.69) is 5.32 Å². The highest BCUT2D eigenvalue weighted by Gasteiger charge is 2.19. The Labute approximate surface area is 163 Å². The quantitative estimate of drug-likeness (QED) is 0.663. The van der Waals surface area contributed by atoms with Crippen LogP contribution in [-0.2, 0) is 4.79 Å². The Bertz CT molecular complexity index is 921. The van der Waals surface area contributed by atoms with Gasteiger partial charge in [0.05, 0.1) is 6.26 Å². The fourth-order valence-electron chi connectivity index (χ4n) is 2.80. The van der Waals surface area contributed by atoms with Gasteiger partial charge in [-0.15, -0.1) is 0 Å². The van der Waals surface area contributed by atoms with Crippen LogP contribution >= 0.6 is 0 Å². The maximum absolute atomic E-state index is 12.7. The van der Waals surface area contributed by atoms with Crippen LogP contribution in [0.5, 0.6) is 5.75 Å². The van der Waals surface area contributed by atoms with Crippen molar-refractivity contribution in [2.45, 2.75) is 19.9 Å². The Morgan fingerprint density at radius 3 is 2.50 bits per heavy atom. The Hall–Kier alpha value is -3.54. The lowest BCUT2D eigenvalue weighted by atomic mass is 10.2. The Balaban J connectivity index is 1.64. The number of anilines is 2. The SMILES string of the molecule is CC(C)N(C(=O)COc1cccc(NC(=O)c2ccco2)c1)c1ccccc1. The predicted molar refractivity (Wildman–Crippen MR) is 108 cm³/mol. The highest BCUT2D eigenvalue weighted by Crippen LogP contribution is 2.20. The first-order valence-electron chi connectivity index (χ1n) is 8.99. The number of carbonyl (C=O) groups is 2. The second-order valence-electron chi connectivity index (χ2n) is 6.44. The lowest BCUT2D eigenvalue weighted by Crippen LogP contribution is -2.40. The number of amides is 2. The van der Waals surface area contributed by atoms with Crippen LogP contribution in [0.4, 0.5) is 11.4 Å². The Morgan fingerprint density at radius 2 is 1.82 bits per heavy atom. The van der Waals surface area contributed by atoms with Gasteiger partial charge < -0.3 is 19.4 Å². The summed E-state index contributed by atoms with van der Waals surface area (Å²) >= 11 is 0. The molecule has 6 heteroatoms. The zero-order valence-corrected chi connectivity index (χ0v) is 15.8. The number of carbonyl (C=O) groups excluding carboxylic acids is 2. The van der Waals surface area contributed by atoms with Crippen LogP contribution in [0, 0.1) is 0 Å². The van der Waals surface area contributed by atoms with Crippen molar-refractivity contribution >= 4 is 23.2 Å². The summed E-state index contributed by atoms with van der Waals surface area (Å²) in [5.74, 6) is 0.207. The molecule has 0 spiro atoms. The third-order valence-electron chi connectivity index (χ3n) is 4.02. The first-order valence-corrected chi connectivity index (χ1v) is 8.99. The van der Waals surface area contributed by atoms with E-state index in [0.717, 1.165) is 5.69 Å². The van der Waals surface area contributed by atoms with Gasteiger partial charge in [-0.2, -0.15) is 0 Å². The van der Waals surface area contributed by atoms with Crippen molar-refractivity contribution in [3.63, 3.8) is 0 Å². The molecule has 0 aliphatic rings. The molecule has 3 aromatic rings. The Kier molecular flexibility index (Phi) is 6.11. The minimum Gasteiger partial charge on any atom is -0.484 e. The first-order chi connectivity index (χ1) is 13.5. The fraction of sp³-hybridized carbons (Fsp3) is 0.182. The summed E-state index contributed by atoms with van der Waals surface area (Å²) < 4.78 is 10.7. The summed E-state index contributed by atoms with van der Waals surface area (Å²) in [5.41, 5.74) is 1.38. The summed E-state index contributed by atoms with van der Waals surface area (Å²) in [5, 5.41) is 2.73. The summed E-state index contributed by atoms with van der Waals surface area (Å²) in [6.07, 6.45) is 1.44. The van der Waals surface area contributed by atoms with Gasteiger partial charge in [-0.05, 0) is 50.2 Å². The van der Waals surface area contributed by atoms with E-state index >= 15 is 0 Å². The number of ether oxygens (including phenoxy) is 1. The normalized spacial score (nSPS) is 10.5. The molecule has 0 saturated carbocycles. The van der Waals surface area contributed by atoms with Crippen molar-refractivity contribution < 1.29 is 18.7 Å². The molecule has 2 amide bonds. The molecule has 0 aliphatic carbocycles. The van der Waals surface area contributed by atoms with Crippen LogP contribution in [-0.4, -0.2) is 24.5 Å². The number of nitrogens with one attached hydrogen (secondary N) is 1. The Morgan fingerprint density at radius 1 is 1.04 bits per heavy atom. The molecule has 0 radical (unpaired) electrons. The van der Waals surface area contributed by atoms with Gasteiger partial charge in [0.25, 0.3) is 11.8 Å². The van der Waals surface area contributed by atoms with Crippen LogP contribution in [0.3, 0.4) is 0 Å². The number of furan rings is 1. The molecule has 28 heavy (non-hydrogen) atoms. The zero-order valence-electron chi connectivity index (χ0n) is 15.8. The molecule has 0 saturated heterocycles. The van der Waals surface area contributed by atoms with E-state index in [4.69, 9.17) is 9.15 Å². The van der Waals surface area contributed by atoms with Crippen LogP contribution in [0.1, 0.15) is 24.4 Å². The minimum absolute atomic E-state index is 0.00239. The van der Waals surface area contributed by atoms with Crippen molar-refractivity contribution in [2.75, 3.05) is 16.8 Å². The average molecular weight is 378 g/mol. The molecule has 0 aliphatic heterocycles. The standard InChI is InChI=1S/C22H22N2O4/c1-16(2)24(18-9-4-3-5-10-18)21(25)15-28-19-11-6-8-17(14-19)23-22(26)20-12-7-13-27-20/h3-14,16H,15H2,1-2H3,(H,23,26). The van der Waals surface area contributed by atoms with E-state index in [-0.39, 0.29) is 30.2 Å². The van der Waals surface area contributed by atoms with Gasteiger partial charge in [0.1, 0.15) is 5.75 Å². The minimum atomic E-state index is -0.353. The molecule has 1 heterocycles. The van der Waals surface area contributed by atoms with Crippen LogP contribution < -0.4 is 15.0 Å². The van der Waals surface area contributed by atoms with Gasteiger partial charge >= 0.3 is 0 Å². The summed E-state index contributed by atoms with van der Waals surface area (Å²) in [6.45, 7) is 3.80. The molecule has 0 atom stereocenters. The summed E-state index contributed by atoms with van der Waals surface area (Å²) in [4.78, 5) is 26.5. The molecule has 6 nitrogen and oxygen atoms in total. The monoisotopic (exact) mass is 378 g/mol. The second-order valence-corrected chi connectivity index (χ2v) is 6.44. The number of hydrogen-bond donors (Lipinski definition) is 1. The van der Waals surface area contributed by atoms with Gasteiger partial charge in [0.2, 0.25) is 0 Å². The summed E-state index contributed by atoms with van der Waals surface area (Å²) in [7, 11) is 0. The molecule has 0 bridgehead atoms. The maximum atomic E-state index is 12.7. The van der Waals surface area contributed by atoms with Crippen molar-refractivity contribution in [3.05, 3.63) is 78.8 Å². The van der Waals surface area contributed by atoms with E-state index < -0.39 is 0 Å². The van der Waals surface area contributed by atoms with Crippen molar-refractivity contribution in [1.29, 1.82) is 0 Å². The third kappa shape index (κ3) is 4.79.